The third-order valence-corrected chi connectivity index (χ3v) is 5.13. The standard InChI is InChI=1S/C16H12N6OS2/c1-22-8-7-17-14(22)13-12(10-5-3-2-4-6-10)19-16(24-13)20-15(23)11-9-18-21-25-11/h2-9H,1H3,(H,19,20,23). The summed E-state index contributed by atoms with van der Waals surface area (Å²) >= 11 is 2.43. The van der Waals surface area contributed by atoms with Crippen molar-refractivity contribution in [2.45, 2.75) is 0 Å². The van der Waals surface area contributed by atoms with Crippen molar-refractivity contribution in [3.8, 4) is 22.0 Å². The average Bonchev–Trinajstić information content (AvgIpc) is 3.35. The minimum atomic E-state index is -0.269. The number of nitrogens with zero attached hydrogens (tertiary/aromatic N) is 5. The second kappa shape index (κ2) is 6.54. The molecule has 1 aromatic carbocycles. The summed E-state index contributed by atoms with van der Waals surface area (Å²) in [6.07, 6.45) is 5.06. The van der Waals surface area contributed by atoms with E-state index in [0.717, 1.165) is 33.5 Å². The molecule has 0 unspecified atom stereocenters. The maximum Gasteiger partial charge on any atom is 0.270 e. The monoisotopic (exact) mass is 368 g/mol. The maximum absolute atomic E-state index is 12.3. The highest BCUT2D eigenvalue weighted by Gasteiger charge is 2.20. The number of nitrogens with one attached hydrogen (secondary N) is 1. The van der Waals surface area contributed by atoms with Crippen LogP contribution in [0.25, 0.3) is 22.0 Å². The molecule has 124 valence electrons. The molecule has 0 atom stereocenters. The van der Waals surface area contributed by atoms with Crippen molar-refractivity contribution in [2.24, 2.45) is 7.05 Å². The number of imidazole rings is 1. The van der Waals surface area contributed by atoms with Gasteiger partial charge in [-0.25, -0.2) is 9.97 Å². The molecular formula is C16H12N6OS2. The lowest BCUT2D eigenvalue weighted by Gasteiger charge is -2.02. The van der Waals surface area contributed by atoms with Crippen LogP contribution in [0.2, 0.25) is 0 Å². The largest absolute Gasteiger partial charge is 0.333 e. The molecule has 7 nitrogen and oxygen atoms in total. The van der Waals surface area contributed by atoms with Gasteiger partial charge in [0.25, 0.3) is 5.91 Å². The SMILES string of the molecule is Cn1ccnc1-c1sc(NC(=O)c2cnns2)nc1-c1ccccc1. The number of anilines is 1. The Labute approximate surface area is 151 Å². The van der Waals surface area contributed by atoms with Crippen molar-refractivity contribution < 1.29 is 4.79 Å². The highest BCUT2D eigenvalue weighted by Crippen LogP contribution is 2.38. The first-order valence-electron chi connectivity index (χ1n) is 7.35. The van der Waals surface area contributed by atoms with Crippen molar-refractivity contribution >= 4 is 33.9 Å². The summed E-state index contributed by atoms with van der Waals surface area (Å²) < 4.78 is 5.64. The molecule has 0 aliphatic heterocycles. The second-order valence-corrected chi connectivity index (χ2v) is 6.95. The third-order valence-electron chi connectivity index (χ3n) is 3.50. The van der Waals surface area contributed by atoms with Crippen LogP contribution in [0.5, 0.6) is 0 Å². The highest BCUT2D eigenvalue weighted by molar-refractivity contribution is 7.19. The summed E-state index contributed by atoms with van der Waals surface area (Å²) in [7, 11) is 1.93. The van der Waals surface area contributed by atoms with Crippen LogP contribution in [-0.2, 0) is 7.05 Å². The van der Waals surface area contributed by atoms with E-state index in [1.807, 2.05) is 48.1 Å². The number of carbonyl (C=O) groups excluding carboxylic acids is 1. The van der Waals surface area contributed by atoms with E-state index < -0.39 is 0 Å². The van der Waals surface area contributed by atoms with Gasteiger partial charge in [-0.1, -0.05) is 46.2 Å². The molecule has 0 bridgehead atoms. The fourth-order valence-electron chi connectivity index (χ4n) is 2.33. The number of hydrogen-bond donors (Lipinski definition) is 1. The molecule has 0 aliphatic rings. The maximum atomic E-state index is 12.3. The first kappa shape index (κ1) is 15.6. The van der Waals surface area contributed by atoms with Gasteiger partial charge in [0.15, 0.2) is 11.0 Å². The summed E-state index contributed by atoms with van der Waals surface area (Å²) in [6.45, 7) is 0. The molecule has 0 saturated heterocycles. The van der Waals surface area contributed by atoms with Gasteiger partial charge >= 0.3 is 0 Å². The summed E-state index contributed by atoms with van der Waals surface area (Å²) in [5, 5.41) is 7.01. The average molecular weight is 368 g/mol. The van der Waals surface area contributed by atoms with E-state index in [1.165, 1.54) is 17.5 Å². The van der Waals surface area contributed by atoms with Gasteiger partial charge in [0.05, 0.1) is 16.8 Å². The number of carbonyl (C=O) groups is 1. The van der Waals surface area contributed by atoms with E-state index in [9.17, 15) is 4.79 Å². The topological polar surface area (TPSA) is 85.6 Å². The molecule has 3 heterocycles. The van der Waals surface area contributed by atoms with Crippen LogP contribution < -0.4 is 5.32 Å². The lowest BCUT2D eigenvalue weighted by atomic mass is 10.1. The van der Waals surface area contributed by atoms with Crippen LogP contribution in [-0.4, -0.2) is 30.0 Å². The van der Waals surface area contributed by atoms with Crippen LogP contribution >= 0.6 is 22.9 Å². The van der Waals surface area contributed by atoms with E-state index in [-0.39, 0.29) is 5.91 Å². The zero-order valence-corrected chi connectivity index (χ0v) is 14.7. The summed E-state index contributed by atoms with van der Waals surface area (Å²) in [5.41, 5.74) is 1.76. The van der Waals surface area contributed by atoms with Gasteiger partial charge in [0.1, 0.15) is 4.88 Å². The Morgan fingerprint density at radius 3 is 2.76 bits per heavy atom. The molecule has 9 heteroatoms. The van der Waals surface area contributed by atoms with Gasteiger partial charge in [0.2, 0.25) is 0 Å². The first-order chi connectivity index (χ1) is 12.2. The Kier molecular flexibility index (Phi) is 4.08. The molecule has 1 amide bonds. The second-order valence-electron chi connectivity index (χ2n) is 5.16. The lowest BCUT2D eigenvalue weighted by Crippen LogP contribution is -2.09. The quantitative estimate of drug-likeness (QED) is 0.597. The van der Waals surface area contributed by atoms with Gasteiger partial charge in [-0.3, -0.25) is 10.1 Å². The Balaban J connectivity index is 1.76. The summed E-state index contributed by atoms with van der Waals surface area (Å²) in [6, 6.07) is 9.84. The Morgan fingerprint density at radius 2 is 2.08 bits per heavy atom. The van der Waals surface area contributed by atoms with E-state index in [2.05, 4.69) is 24.9 Å². The summed E-state index contributed by atoms with van der Waals surface area (Å²) in [4.78, 5) is 22.6. The number of benzene rings is 1. The molecule has 0 aliphatic carbocycles. The molecule has 0 saturated carbocycles. The zero-order chi connectivity index (χ0) is 17.2. The lowest BCUT2D eigenvalue weighted by molar-refractivity contribution is 0.103. The number of hydrogen-bond acceptors (Lipinski definition) is 7. The van der Waals surface area contributed by atoms with Crippen molar-refractivity contribution in [3.05, 3.63) is 53.8 Å². The number of thiazole rings is 1. The van der Waals surface area contributed by atoms with Crippen LogP contribution in [0.4, 0.5) is 5.13 Å². The van der Waals surface area contributed by atoms with Gasteiger partial charge in [-0.05, 0) is 11.5 Å². The molecule has 1 N–H and O–H groups in total. The van der Waals surface area contributed by atoms with Crippen molar-refractivity contribution in [3.63, 3.8) is 0 Å². The molecule has 4 rings (SSSR count). The van der Waals surface area contributed by atoms with Gasteiger partial charge in [-0.15, -0.1) is 5.10 Å². The number of rotatable bonds is 4. The molecule has 4 aromatic rings. The predicted molar refractivity (Wildman–Crippen MR) is 97.6 cm³/mol. The Bertz CT molecular complexity index is 1010. The van der Waals surface area contributed by atoms with Gasteiger partial charge < -0.3 is 4.57 Å². The molecule has 25 heavy (non-hydrogen) atoms. The van der Waals surface area contributed by atoms with E-state index in [4.69, 9.17) is 0 Å². The Morgan fingerprint density at radius 1 is 1.24 bits per heavy atom. The van der Waals surface area contributed by atoms with E-state index in [1.54, 1.807) is 6.20 Å². The van der Waals surface area contributed by atoms with E-state index in [0.29, 0.717) is 10.0 Å². The normalized spacial score (nSPS) is 10.8. The van der Waals surface area contributed by atoms with Crippen LogP contribution in [0.1, 0.15) is 9.67 Å². The minimum Gasteiger partial charge on any atom is -0.333 e. The molecule has 0 fully saturated rings. The van der Waals surface area contributed by atoms with Crippen LogP contribution in [0.3, 0.4) is 0 Å². The van der Waals surface area contributed by atoms with Crippen molar-refractivity contribution in [2.75, 3.05) is 5.32 Å². The fourth-order valence-corrected chi connectivity index (χ4v) is 3.76. The highest BCUT2D eigenvalue weighted by atomic mass is 32.1. The Hall–Kier alpha value is -2.91. The van der Waals surface area contributed by atoms with Gasteiger partial charge in [0, 0.05) is 25.0 Å². The smallest absolute Gasteiger partial charge is 0.270 e. The van der Waals surface area contributed by atoms with Gasteiger partial charge in [-0.2, -0.15) is 0 Å². The molecule has 0 spiro atoms. The summed E-state index contributed by atoms with van der Waals surface area (Å²) in [5.74, 6) is 0.533. The van der Waals surface area contributed by atoms with E-state index >= 15 is 0 Å². The first-order valence-corrected chi connectivity index (χ1v) is 8.94. The number of amides is 1. The van der Waals surface area contributed by atoms with Crippen LogP contribution in [0, 0.1) is 0 Å². The molecule has 3 aromatic heterocycles. The minimum absolute atomic E-state index is 0.269. The predicted octanol–water partition coefficient (Wildman–Crippen LogP) is 3.31. The van der Waals surface area contributed by atoms with Crippen molar-refractivity contribution in [1.82, 2.24) is 24.1 Å². The zero-order valence-electron chi connectivity index (χ0n) is 13.1. The molecular weight excluding hydrogens is 356 g/mol. The van der Waals surface area contributed by atoms with Crippen molar-refractivity contribution in [1.29, 1.82) is 0 Å². The third kappa shape index (κ3) is 3.06. The van der Waals surface area contributed by atoms with Crippen LogP contribution in [0.15, 0.2) is 48.9 Å². The number of aromatic nitrogens is 5. The number of aryl methyl sites for hydroxylation is 1. The molecule has 0 radical (unpaired) electrons. The fraction of sp³-hybridized carbons (Fsp3) is 0.0625.